The van der Waals surface area contributed by atoms with Crippen LogP contribution >= 0.6 is 22.7 Å². The van der Waals surface area contributed by atoms with E-state index in [4.69, 9.17) is 11.8 Å². The van der Waals surface area contributed by atoms with Crippen LogP contribution in [0.2, 0.25) is 0 Å². The van der Waals surface area contributed by atoms with E-state index in [2.05, 4.69) is 14.8 Å². The van der Waals surface area contributed by atoms with Crippen molar-refractivity contribution in [2.24, 2.45) is 0 Å². The van der Waals surface area contributed by atoms with Crippen LogP contribution in [0.3, 0.4) is 0 Å². The van der Waals surface area contributed by atoms with Gasteiger partial charge >= 0.3 is 0 Å². The lowest BCUT2D eigenvalue weighted by atomic mass is 10.1. The quantitative estimate of drug-likeness (QED) is 0.217. The van der Waals surface area contributed by atoms with Crippen molar-refractivity contribution in [1.82, 2.24) is 9.97 Å². The van der Waals surface area contributed by atoms with Gasteiger partial charge in [-0.15, -0.1) is 22.7 Å². The number of benzene rings is 2. The molecule has 0 bridgehead atoms. The Morgan fingerprint density at radius 3 is 1.79 bits per heavy atom. The third-order valence-electron chi connectivity index (χ3n) is 4.41. The number of aromatic nitrogens is 2. The van der Waals surface area contributed by atoms with Gasteiger partial charge in [-0.3, -0.25) is 0 Å². The molecule has 0 aliphatic heterocycles. The highest BCUT2D eigenvalue weighted by Gasteiger charge is 2.30. The Morgan fingerprint density at radius 1 is 0.853 bits per heavy atom. The Hall–Kier alpha value is -3.60. The molecule has 0 saturated carbocycles. The molecule has 2 heterocycles. The molecule has 0 saturated heterocycles. The Bertz CT molecular complexity index is 1360. The van der Waals surface area contributed by atoms with Crippen molar-refractivity contribution in [2.75, 3.05) is 0 Å². The van der Waals surface area contributed by atoms with E-state index in [1.807, 2.05) is 6.07 Å². The molecule has 4 rings (SSSR count). The minimum absolute atomic E-state index is 0.211. The number of nitriles is 1. The van der Waals surface area contributed by atoms with Gasteiger partial charge in [-0.25, -0.2) is 34.1 Å². The second kappa shape index (κ2) is 10.6. The molecule has 4 nitrogen and oxygen atoms in total. The zero-order chi connectivity index (χ0) is 24.9. The fraction of sp³-hybridized carbons (Fsp3) is 0.167. The van der Waals surface area contributed by atoms with Gasteiger partial charge in [-0.1, -0.05) is 0 Å². The van der Waals surface area contributed by atoms with Gasteiger partial charge in [0.1, 0.15) is 28.3 Å². The molecule has 0 unspecified atom stereocenters. The molecule has 0 aliphatic rings. The van der Waals surface area contributed by atoms with Gasteiger partial charge in [0.05, 0.1) is 23.9 Å². The highest BCUT2D eigenvalue weighted by molar-refractivity contribution is 7.10. The van der Waals surface area contributed by atoms with Crippen molar-refractivity contribution in [2.45, 2.75) is 25.8 Å². The summed E-state index contributed by atoms with van der Waals surface area (Å²) in [7, 11) is 0. The maximum Gasteiger partial charge on any atom is 0.277 e. The zero-order valence-electron chi connectivity index (χ0n) is 17.9. The largest absolute Gasteiger partial charge is 0.303 e. The molecule has 4 aromatic rings. The summed E-state index contributed by atoms with van der Waals surface area (Å²) < 4.78 is 52.1. The summed E-state index contributed by atoms with van der Waals surface area (Å²) in [6, 6.07) is 8.49. The van der Waals surface area contributed by atoms with Crippen LogP contribution in [0.5, 0.6) is 0 Å². The molecular weight excluding hydrogens is 484 g/mol. The second-order valence-electron chi connectivity index (χ2n) is 7.49. The standard InChI is InChI=1S/C13H10F2N2S.C11H6F2N2S/c1-13(2,16-3)12-17-11(7-18-12)8-4-9(14)6-10(15)5-8;12-8-3-7(4-9(13)5-8)10-6-16-11(15-10)1-2-14/h4-7H,1-2H3;3-6H,1H2. The first-order chi connectivity index (χ1) is 16.1. The summed E-state index contributed by atoms with van der Waals surface area (Å²) in [4.78, 5) is 11.9. The fourth-order valence-corrected chi connectivity index (χ4v) is 4.36. The van der Waals surface area contributed by atoms with Crippen molar-refractivity contribution in [1.29, 1.82) is 5.26 Å². The van der Waals surface area contributed by atoms with Gasteiger partial charge in [-0.2, -0.15) is 5.26 Å². The van der Waals surface area contributed by atoms with Gasteiger partial charge in [-0.05, 0) is 24.3 Å². The predicted molar refractivity (Wildman–Crippen MR) is 124 cm³/mol. The van der Waals surface area contributed by atoms with Crippen molar-refractivity contribution in [3.05, 3.63) is 91.9 Å². The first-order valence-electron chi connectivity index (χ1n) is 9.70. The molecule has 0 atom stereocenters. The van der Waals surface area contributed by atoms with Crippen LogP contribution in [0, 0.1) is 41.2 Å². The van der Waals surface area contributed by atoms with E-state index in [1.54, 1.807) is 24.6 Å². The lowest BCUT2D eigenvalue weighted by Gasteiger charge is -2.05. The topological polar surface area (TPSA) is 53.9 Å². The van der Waals surface area contributed by atoms with Gasteiger partial charge in [0.15, 0.2) is 5.01 Å². The molecule has 0 spiro atoms. The first-order valence-corrected chi connectivity index (χ1v) is 11.5. The van der Waals surface area contributed by atoms with Crippen LogP contribution in [-0.4, -0.2) is 9.97 Å². The highest BCUT2D eigenvalue weighted by atomic mass is 32.1. The van der Waals surface area contributed by atoms with Crippen LogP contribution in [0.15, 0.2) is 47.2 Å². The highest BCUT2D eigenvalue weighted by Crippen LogP contribution is 2.31. The van der Waals surface area contributed by atoms with Crippen molar-refractivity contribution >= 4 is 22.7 Å². The third kappa shape index (κ3) is 6.25. The second-order valence-corrected chi connectivity index (χ2v) is 9.29. The van der Waals surface area contributed by atoms with Gasteiger partial charge in [0.2, 0.25) is 0 Å². The maximum absolute atomic E-state index is 13.1. The van der Waals surface area contributed by atoms with Crippen LogP contribution in [-0.2, 0) is 12.0 Å². The smallest absolute Gasteiger partial charge is 0.277 e. The Kier molecular flexibility index (Phi) is 7.77. The van der Waals surface area contributed by atoms with E-state index in [0.29, 0.717) is 32.5 Å². The van der Waals surface area contributed by atoms with Crippen LogP contribution in [0.25, 0.3) is 27.4 Å². The Balaban J connectivity index is 0.000000192. The normalized spacial score (nSPS) is 10.7. The van der Waals surface area contributed by atoms with Gasteiger partial charge in [0, 0.05) is 47.9 Å². The third-order valence-corrected chi connectivity index (χ3v) is 6.41. The minimum Gasteiger partial charge on any atom is -0.303 e. The number of rotatable bonds is 4. The summed E-state index contributed by atoms with van der Waals surface area (Å²) in [5.74, 6) is -2.54. The van der Waals surface area contributed by atoms with Gasteiger partial charge < -0.3 is 4.85 Å². The predicted octanol–water partition coefficient (Wildman–Crippen LogP) is 7.40. The first kappa shape index (κ1) is 25.0. The van der Waals surface area contributed by atoms with E-state index in [0.717, 1.165) is 12.1 Å². The van der Waals surface area contributed by atoms with E-state index >= 15 is 0 Å². The molecule has 0 fully saturated rings. The zero-order valence-corrected chi connectivity index (χ0v) is 19.6. The minimum atomic E-state index is -0.714. The number of halogens is 4. The number of thiazole rings is 2. The van der Waals surface area contributed by atoms with Crippen LogP contribution in [0.4, 0.5) is 17.6 Å². The number of nitrogens with zero attached hydrogens (tertiary/aromatic N) is 4. The average Bonchev–Trinajstić information content (AvgIpc) is 3.44. The molecule has 34 heavy (non-hydrogen) atoms. The van der Waals surface area contributed by atoms with E-state index < -0.39 is 28.8 Å². The molecule has 0 radical (unpaired) electrons. The molecule has 2 aromatic carbocycles. The summed E-state index contributed by atoms with van der Waals surface area (Å²) in [5, 5.41) is 13.1. The molecular formula is C24H16F4N4S2. The lowest BCUT2D eigenvalue weighted by molar-refractivity contribution is 0.583. The van der Waals surface area contributed by atoms with Crippen molar-refractivity contribution in [3.8, 4) is 28.6 Å². The molecule has 0 aliphatic carbocycles. The van der Waals surface area contributed by atoms with Crippen LogP contribution < -0.4 is 0 Å². The van der Waals surface area contributed by atoms with Crippen molar-refractivity contribution < 1.29 is 17.6 Å². The number of hydrogen-bond donors (Lipinski definition) is 0. The molecule has 0 N–H and O–H groups in total. The SMILES string of the molecule is N#CCc1nc(-c2cc(F)cc(F)c2)cs1.[C-]#[N+]C(C)(C)c1nc(-c2cc(F)cc(F)c2)cs1. The monoisotopic (exact) mass is 500 g/mol. The molecule has 10 heteroatoms. The summed E-state index contributed by atoms with van der Waals surface area (Å²) in [6.45, 7) is 10.6. The van der Waals surface area contributed by atoms with Crippen molar-refractivity contribution in [3.63, 3.8) is 0 Å². The van der Waals surface area contributed by atoms with E-state index in [9.17, 15) is 17.6 Å². The maximum atomic E-state index is 13.1. The number of hydrogen-bond acceptors (Lipinski definition) is 5. The summed E-state index contributed by atoms with van der Waals surface area (Å²) >= 11 is 2.62. The molecule has 2 aromatic heterocycles. The van der Waals surface area contributed by atoms with Gasteiger partial charge in [0.25, 0.3) is 5.54 Å². The van der Waals surface area contributed by atoms with E-state index in [-0.39, 0.29) is 6.42 Å². The Morgan fingerprint density at radius 2 is 1.32 bits per heavy atom. The summed E-state index contributed by atoms with van der Waals surface area (Å²) in [5.41, 5.74) is 1.04. The molecule has 0 amide bonds. The molecule has 172 valence electrons. The van der Waals surface area contributed by atoms with E-state index in [1.165, 1.54) is 46.9 Å². The summed E-state index contributed by atoms with van der Waals surface area (Å²) in [6.07, 6.45) is 0.211. The average molecular weight is 501 g/mol. The van der Waals surface area contributed by atoms with Crippen LogP contribution in [0.1, 0.15) is 23.9 Å². The fourth-order valence-electron chi connectivity index (χ4n) is 2.73. The Labute approximate surface area is 201 Å². The lowest BCUT2D eigenvalue weighted by Crippen LogP contribution is -2.10.